The number of carbonyl (C=O) groups is 1. The highest BCUT2D eigenvalue weighted by molar-refractivity contribution is 5.76. The Hall–Kier alpha value is -1.07. The molecule has 0 amide bonds. The minimum atomic E-state index is 0.192. The minimum Gasteiger partial charge on any atom is -0.300 e. The molecule has 0 spiro atoms. The lowest BCUT2D eigenvalue weighted by atomic mass is 10.1. The Bertz CT molecular complexity index is 288. The molecule has 1 heteroatoms. The zero-order valence-electron chi connectivity index (χ0n) is 10.4. The highest BCUT2D eigenvalue weighted by Gasteiger charge is 1.89. The first-order valence-electron chi connectivity index (χ1n) is 5.62. The van der Waals surface area contributed by atoms with E-state index in [9.17, 15) is 4.79 Å². The maximum absolute atomic E-state index is 10.7. The average molecular weight is 206 g/mol. The molecule has 0 rings (SSSR count). The Kier molecular flexibility index (Phi) is 7.67. The van der Waals surface area contributed by atoms with Gasteiger partial charge in [0.25, 0.3) is 0 Å². The van der Waals surface area contributed by atoms with Gasteiger partial charge in [-0.2, -0.15) is 0 Å². The van der Waals surface area contributed by atoms with E-state index in [1.807, 2.05) is 6.08 Å². The Morgan fingerprint density at radius 2 is 1.93 bits per heavy atom. The minimum absolute atomic E-state index is 0.192. The van der Waals surface area contributed by atoms with Gasteiger partial charge in [-0.05, 0) is 51.7 Å². The van der Waals surface area contributed by atoms with Crippen molar-refractivity contribution in [2.75, 3.05) is 0 Å². The molecule has 0 fully saturated rings. The Morgan fingerprint density at radius 3 is 2.47 bits per heavy atom. The molecule has 1 nitrogen and oxygen atoms in total. The summed E-state index contributed by atoms with van der Waals surface area (Å²) in [5, 5.41) is 0. The van der Waals surface area contributed by atoms with Crippen molar-refractivity contribution in [1.82, 2.24) is 0 Å². The number of Topliss-reactive ketones (excluding diaryl/α,β-unsaturated/α-hetero) is 1. The van der Waals surface area contributed by atoms with E-state index in [0.29, 0.717) is 6.42 Å². The van der Waals surface area contributed by atoms with Gasteiger partial charge < -0.3 is 0 Å². The van der Waals surface area contributed by atoms with Gasteiger partial charge in [0, 0.05) is 6.42 Å². The van der Waals surface area contributed by atoms with Crippen LogP contribution in [0.4, 0.5) is 0 Å². The van der Waals surface area contributed by atoms with E-state index in [1.54, 1.807) is 6.92 Å². The SMILES string of the molecule is CCC(C)=CCCC(C)=C=CCC(C)=O. The van der Waals surface area contributed by atoms with Crippen LogP contribution in [0.15, 0.2) is 29.0 Å². The molecule has 0 aliphatic rings. The molecule has 0 atom stereocenters. The second-order valence-corrected chi connectivity index (χ2v) is 3.98. The third-order valence-electron chi connectivity index (χ3n) is 2.31. The molecular weight excluding hydrogens is 184 g/mol. The standard InChI is InChI=1S/C14H22O/c1-5-12(2)8-6-9-13(3)10-7-11-14(4)15/h7-8H,5-6,9,11H2,1-4H3. The lowest BCUT2D eigenvalue weighted by Gasteiger charge is -1.96. The van der Waals surface area contributed by atoms with Crippen molar-refractivity contribution in [1.29, 1.82) is 0 Å². The Balaban J connectivity index is 3.97. The quantitative estimate of drug-likeness (QED) is 0.470. The maximum atomic E-state index is 10.7. The van der Waals surface area contributed by atoms with Gasteiger partial charge in [-0.15, -0.1) is 5.73 Å². The third-order valence-corrected chi connectivity index (χ3v) is 2.31. The van der Waals surface area contributed by atoms with E-state index in [2.05, 4.69) is 32.6 Å². The van der Waals surface area contributed by atoms with Crippen LogP contribution in [0.5, 0.6) is 0 Å². The summed E-state index contributed by atoms with van der Waals surface area (Å²) in [5.41, 5.74) is 5.81. The molecule has 0 saturated carbocycles. The second-order valence-electron chi connectivity index (χ2n) is 3.98. The van der Waals surface area contributed by atoms with Crippen LogP contribution in [0.2, 0.25) is 0 Å². The van der Waals surface area contributed by atoms with E-state index in [-0.39, 0.29) is 5.78 Å². The van der Waals surface area contributed by atoms with Crippen LogP contribution < -0.4 is 0 Å². The average Bonchev–Trinajstić information content (AvgIpc) is 2.17. The summed E-state index contributed by atoms with van der Waals surface area (Å²) in [7, 11) is 0. The van der Waals surface area contributed by atoms with E-state index in [0.717, 1.165) is 19.3 Å². The van der Waals surface area contributed by atoms with Gasteiger partial charge in [0.15, 0.2) is 0 Å². The molecule has 84 valence electrons. The zero-order chi connectivity index (χ0) is 11.7. The van der Waals surface area contributed by atoms with Crippen molar-refractivity contribution in [3.8, 4) is 0 Å². The Morgan fingerprint density at radius 1 is 1.27 bits per heavy atom. The van der Waals surface area contributed by atoms with Crippen LogP contribution in [0, 0.1) is 0 Å². The molecule has 15 heavy (non-hydrogen) atoms. The molecule has 0 aromatic carbocycles. The smallest absolute Gasteiger partial charge is 0.134 e. The Labute approximate surface area is 93.6 Å². The fraction of sp³-hybridized carbons (Fsp3) is 0.571. The summed E-state index contributed by atoms with van der Waals surface area (Å²) in [4.78, 5) is 10.7. The van der Waals surface area contributed by atoms with Gasteiger partial charge in [-0.3, -0.25) is 4.79 Å². The predicted octanol–water partition coefficient (Wildman–Crippen LogP) is 4.20. The van der Waals surface area contributed by atoms with Crippen molar-refractivity contribution in [2.45, 2.75) is 53.4 Å². The summed E-state index contributed by atoms with van der Waals surface area (Å²) < 4.78 is 0. The predicted molar refractivity (Wildman–Crippen MR) is 65.9 cm³/mol. The fourth-order valence-corrected chi connectivity index (χ4v) is 1.12. The number of hydrogen-bond donors (Lipinski definition) is 0. The first kappa shape index (κ1) is 13.9. The maximum Gasteiger partial charge on any atom is 0.134 e. The lowest BCUT2D eigenvalue weighted by molar-refractivity contribution is -0.116. The van der Waals surface area contributed by atoms with E-state index < -0.39 is 0 Å². The van der Waals surface area contributed by atoms with Gasteiger partial charge >= 0.3 is 0 Å². The molecule has 0 unspecified atom stereocenters. The van der Waals surface area contributed by atoms with Crippen LogP contribution in [-0.2, 0) is 4.79 Å². The van der Waals surface area contributed by atoms with Crippen LogP contribution in [0.25, 0.3) is 0 Å². The molecular formula is C14H22O. The first-order valence-corrected chi connectivity index (χ1v) is 5.62. The van der Waals surface area contributed by atoms with Crippen LogP contribution in [-0.4, -0.2) is 5.78 Å². The fourth-order valence-electron chi connectivity index (χ4n) is 1.12. The number of ketones is 1. The molecule has 0 aromatic heterocycles. The highest BCUT2D eigenvalue weighted by Crippen LogP contribution is 2.07. The summed E-state index contributed by atoms with van der Waals surface area (Å²) in [5.74, 6) is 0.192. The second kappa shape index (κ2) is 8.26. The largest absolute Gasteiger partial charge is 0.300 e. The molecule has 0 saturated heterocycles. The third kappa shape index (κ3) is 9.24. The number of hydrogen-bond acceptors (Lipinski definition) is 1. The summed E-state index contributed by atoms with van der Waals surface area (Å²) in [6.45, 7) is 7.98. The van der Waals surface area contributed by atoms with Gasteiger partial charge in [-0.25, -0.2) is 0 Å². The molecule has 0 radical (unpaired) electrons. The van der Waals surface area contributed by atoms with Gasteiger partial charge in [0.2, 0.25) is 0 Å². The zero-order valence-corrected chi connectivity index (χ0v) is 10.4. The highest BCUT2D eigenvalue weighted by atomic mass is 16.1. The van der Waals surface area contributed by atoms with Crippen molar-refractivity contribution >= 4 is 5.78 Å². The molecule has 0 aliphatic carbocycles. The van der Waals surface area contributed by atoms with Crippen LogP contribution in [0.1, 0.15) is 53.4 Å². The molecule has 0 aromatic rings. The summed E-state index contributed by atoms with van der Waals surface area (Å²) in [6.07, 6.45) is 7.84. The summed E-state index contributed by atoms with van der Waals surface area (Å²) >= 11 is 0. The molecule has 0 heterocycles. The van der Waals surface area contributed by atoms with E-state index in [4.69, 9.17) is 0 Å². The van der Waals surface area contributed by atoms with Gasteiger partial charge in [0.1, 0.15) is 5.78 Å². The number of carbonyl (C=O) groups excluding carboxylic acids is 1. The van der Waals surface area contributed by atoms with E-state index in [1.165, 1.54) is 11.1 Å². The van der Waals surface area contributed by atoms with Gasteiger partial charge in [0.05, 0.1) is 0 Å². The molecule has 0 aliphatic heterocycles. The molecule has 0 N–H and O–H groups in total. The monoisotopic (exact) mass is 206 g/mol. The summed E-state index contributed by atoms with van der Waals surface area (Å²) in [6, 6.07) is 0. The van der Waals surface area contributed by atoms with Crippen molar-refractivity contribution in [3.63, 3.8) is 0 Å². The lowest BCUT2D eigenvalue weighted by Crippen LogP contribution is -1.83. The first-order chi connectivity index (χ1) is 7.06. The van der Waals surface area contributed by atoms with Crippen LogP contribution in [0.3, 0.4) is 0 Å². The normalized spacial score (nSPS) is 10.8. The van der Waals surface area contributed by atoms with Crippen molar-refractivity contribution in [3.05, 3.63) is 29.0 Å². The van der Waals surface area contributed by atoms with Crippen LogP contribution >= 0.6 is 0 Å². The molecule has 0 bridgehead atoms. The number of rotatable bonds is 6. The topological polar surface area (TPSA) is 17.1 Å². The van der Waals surface area contributed by atoms with Crippen molar-refractivity contribution < 1.29 is 4.79 Å². The van der Waals surface area contributed by atoms with Crippen molar-refractivity contribution in [2.24, 2.45) is 0 Å². The van der Waals surface area contributed by atoms with E-state index >= 15 is 0 Å². The number of allylic oxidation sites excluding steroid dienone is 3. The van der Waals surface area contributed by atoms with Gasteiger partial charge in [-0.1, -0.05) is 18.6 Å².